The number of rotatable bonds is 2. The third-order valence-corrected chi connectivity index (χ3v) is 4.72. The quantitative estimate of drug-likeness (QED) is 0.842. The number of aryl methyl sites for hydroxylation is 1. The van der Waals surface area contributed by atoms with Gasteiger partial charge in [-0.3, -0.25) is 0 Å². The van der Waals surface area contributed by atoms with Gasteiger partial charge in [0.15, 0.2) is 0 Å². The first kappa shape index (κ1) is 11.4. The highest BCUT2D eigenvalue weighted by atomic mass is 35.5. The molecule has 1 fully saturated rings. The molecular weight excluding hydrogens is 226 g/mol. The molecule has 15 heavy (non-hydrogen) atoms. The van der Waals surface area contributed by atoms with E-state index < -0.39 is 0 Å². The summed E-state index contributed by atoms with van der Waals surface area (Å²) >= 11 is 2.01. The van der Waals surface area contributed by atoms with Crippen molar-refractivity contribution >= 4 is 23.7 Å². The van der Waals surface area contributed by atoms with Crippen LogP contribution in [-0.4, -0.2) is 13.1 Å². The molecule has 0 aliphatic heterocycles. The first-order valence-electron chi connectivity index (χ1n) is 5.65. The molecular formula is C12H18ClNS. The van der Waals surface area contributed by atoms with E-state index in [0.29, 0.717) is 0 Å². The number of likely N-dealkylation sites (N-methyl/N-ethyl adjacent to an activating group) is 1. The van der Waals surface area contributed by atoms with Crippen molar-refractivity contribution in [2.75, 3.05) is 7.05 Å². The Hall–Kier alpha value is -0.0500. The van der Waals surface area contributed by atoms with Crippen molar-refractivity contribution in [1.82, 2.24) is 5.32 Å². The lowest BCUT2D eigenvalue weighted by Crippen LogP contribution is -2.31. The van der Waals surface area contributed by atoms with E-state index in [1.54, 1.807) is 16.0 Å². The van der Waals surface area contributed by atoms with E-state index in [0.717, 1.165) is 12.0 Å². The molecule has 1 aromatic rings. The summed E-state index contributed by atoms with van der Waals surface area (Å²) in [6.45, 7) is 0. The fourth-order valence-corrected chi connectivity index (χ4v) is 3.70. The largest absolute Gasteiger partial charge is 0.317 e. The minimum atomic E-state index is 0. The highest BCUT2D eigenvalue weighted by Crippen LogP contribution is 2.45. The van der Waals surface area contributed by atoms with Crippen LogP contribution in [0.5, 0.6) is 0 Å². The Bertz CT molecular complexity index is 343. The summed E-state index contributed by atoms with van der Waals surface area (Å²) < 4.78 is 0. The monoisotopic (exact) mass is 243 g/mol. The van der Waals surface area contributed by atoms with Gasteiger partial charge in [0.05, 0.1) is 0 Å². The van der Waals surface area contributed by atoms with E-state index in [9.17, 15) is 0 Å². The second kappa shape index (κ2) is 4.44. The lowest BCUT2D eigenvalue weighted by molar-refractivity contribution is 0.498. The van der Waals surface area contributed by atoms with E-state index in [4.69, 9.17) is 0 Å². The standard InChI is InChI=1S/C12H17NS.ClH/c1-13-9-4-5-12-10(6-9)11(7-14-12)8-2-3-8;/h7-9,13H,2-6H2,1H3;1H. The Morgan fingerprint density at radius 1 is 1.33 bits per heavy atom. The lowest BCUT2D eigenvalue weighted by atomic mass is 9.90. The second-order valence-corrected chi connectivity index (χ2v) is 5.56. The summed E-state index contributed by atoms with van der Waals surface area (Å²) in [5.41, 5.74) is 3.41. The molecule has 0 aromatic carbocycles. The van der Waals surface area contributed by atoms with Crippen molar-refractivity contribution < 1.29 is 0 Å². The molecule has 1 heterocycles. The zero-order valence-electron chi connectivity index (χ0n) is 9.08. The van der Waals surface area contributed by atoms with Gasteiger partial charge in [-0.1, -0.05) is 0 Å². The number of hydrogen-bond donors (Lipinski definition) is 1. The van der Waals surface area contributed by atoms with E-state index in [1.165, 1.54) is 32.1 Å². The predicted molar refractivity (Wildman–Crippen MR) is 68.4 cm³/mol. The second-order valence-electron chi connectivity index (χ2n) is 4.60. The van der Waals surface area contributed by atoms with Crippen molar-refractivity contribution in [3.05, 3.63) is 21.4 Å². The van der Waals surface area contributed by atoms with Crippen molar-refractivity contribution in [1.29, 1.82) is 0 Å². The third kappa shape index (κ3) is 2.08. The minimum Gasteiger partial charge on any atom is -0.317 e. The van der Waals surface area contributed by atoms with Gasteiger partial charge in [-0.2, -0.15) is 0 Å². The molecule has 1 unspecified atom stereocenters. The van der Waals surface area contributed by atoms with Crippen molar-refractivity contribution in [2.45, 2.75) is 44.1 Å². The van der Waals surface area contributed by atoms with Gasteiger partial charge in [-0.05, 0) is 61.6 Å². The topological polar surface area (TPSA) is 12.0 Å². The molecule has 1 nitrogen and oxygen atoms in total. The minimum absolute atomic E-state index is 0. The van der Waals surface area contributed by atoms with Crippen LogP contribution in [0.4, 0.5) is 0 Å². The maximum Gasteiger partial charge on any atom is 0.0108 e. The summed E-state index contributed by atoms with van der Waals surface area (Å²) in [7, 11) is 2.10. The van der Waals surface area contributed by atoms with Crippen LogP contribution in [0.1, 0.15) is 41.2 Å². The molecule has 1 saturated carbocycles. The Morgan fingerprint density at radius 2 is 2.13 bits per heavy atom. The first-order chi connectivity index (χ1) is 6.88. The summed E-state index contributed by atoms with van der Waals surface area (Å²) in [6.07, 6.45) is 6.79. The van der Waals surface area contributed by atoms with Crippen LogP contribution in [0.25, 0.3) is 0 Å². The molecule has 1 N–H and O–H groups in total. The number of nitrogens with one attached hydrogen (secondary N) is 1. The fourth-order valence-electron chi connectivity index (χ4n) is 2.52. The van der Waals surface area contributed by atoms with E-state index in [2.05, 4.69) is 17.7 Å². The predicted octanol–water partition coefficient (Wildman–Crippen LogP) is 3.12. The van der Waals surface area contributed by atoms with Gasteiger partial charge >= 0.3 is 0 Å². The van der Waals surface area contributed by atoms with Crippen LogP contribution in [0, 0.1) is 0 Å². The molecule has 0 bridgehead atoms. The van der Waals surface area contributed by atoms with Crippen LogP contribution >= 0.6 is 23.7 Å². The molecule has 84 valence electrons. The van der Waals surface area contributed by atoms with Gasteiger partial charge in [0.25, 0.3) is 0 Å². The van der Waals surface area contributed by atoms with Gasteiger partial charge in [-0.15, -0.1) is 23.7 Å². The number of hydrogen-bond acceptors (Lipinski definition) is 2. The lowest BCUT2D eigenvalue weighted by Gasteiger charge is -2.22. The normalized spacial score (nSPS) is 24.5. The van der Waals surface area contributed by atoms with Gasteiger partial charge in [-0.25, -0.2) is 0 Å². The van der Waals surface area contributed by atoms with Crippen molar-refractivity contribution in [2.24, 2.45) is 0 Å². The molecule has 1 atom stereocenters. The molecule has 0 saturated heterocycles. The van der Waals surface area contributed by atoms with Crippen LogP contribution in [-0.2, 0) is 12.8 Å². The molecule has 0 spiro atoms. The zero-order chi connectivity index (χ0) is 9.54. The molecule has 3 heteroatoms. The van der Waals surface area contributed by atoms with Gasteiger partial charge in [0.2, 0.25) is 0 Å². The number of thiophene rings is 1. The summed E-state index contributed by atoms with van der Waals surface area (Å²) in [5.74, 6) is 0.936. The van der Waals surface area contributed by atoms with Gasteiger partial charge in [0.1, 0.15) is 0 Å². The fraction of sp³-hybridized carbons (Fsp3) is 0.667. The molecule has 3 rings (SSSR count). The van der Waals surface area contributed by atoms with Crippen molar-refractivity contribution in [3.63, 3.8) is 0 Å². The average molecular weight is 244 g/mol. The van der Waals surface area contributed by atoms with E-state index in [-0.39, 0.29) is 12.4 Å². The highest BCUT2D eigenvalue weighted by molar-refractivity contribution is 7.10. The smallest absolute Gasteiger partial charge is 0.0108 e. The van der Waals surface area contributed by atoms with Crippen LogP contribution in [0.3, 0.4) is 0 Å². The van der Waals surface area contributed by atoms with Crippen LogP contribution in [0.2, 0.25) is 0 Å². The molecule has 2 aliphatic carbocycles. The highest BCUT2D eigenvalue weighted by Gasteiger charge is 2.30. The Balaban J connectivity index is 0.000000853. The summed E-state index contributed by atoms with van der Waals surface area (Å²) in [4.78, 5) is 1.68. The van der Waals surface area contributed by atoms with E-state index >= 15 is 0 Å². The molecule has 0 amide bonds. The average Bonchev–Trinajstić information content (AvgIpc) is 2.98. The molecule has 0 radical (unpaired) electrons. The van der Waals surface area contributed by atoms with Gasteiger partial charge in [0, 0.05) is 10.9 Å². The number of halogens is 1. The number of fused-ring (bicyclic) bond motifs is 1. The third-order valence-electron chi connectivity index (χ3n) is 3.61. The van der Waals surface area contributed by atoms with E-state index in [1.807, 2.05) is 11.3 Å². The summed E-state index contributed by atoms with van der Waals surface area (Å²) in [6, 6.07) is 0.731. The SMILES string of the molecule is CNC1CCc2scc(C3CC3)c2C1.Cl. The maximum absolute atomic E-state index is 3.43. The van der Waals surface area contributed by atoms with Crippen LogP contribution < -0.4 is 5.32 Å². The zero-order valence-corrected chi connectivity index (χ0v) is 10.7. The van der Waals surface area contributed by atoms with Crippen molar-refractivity contribution in [3.8, 4) is 0 Å². The first-order valence-corrected chi connectivity index (χ1v) is 6.53. The molecule has 2 aliphatic rings. The summed E-state index contributed by atoms with van der Waals surface area (Å²) in [5, 5.41) is 5.86. The Morgan fingerprint density at radius 3 is 2.80 bits per heavy atom. The maximum atomic E-state index is 3.43. The van der Waals surface area contributed by atoms with Gasteiger partial charge < -0.3 is 5.32 Å². The Labute approximate surface area is 102 Å². The van der Waals surface area contributed by atoms with Crippen LogP contribution in [0.15, 0.2) is 5.38 Å². The molecule has 1 aromatic heterocycles. The Kier molecular flexibility index (Phi) is 3.39.